The van der Waals surface area contributed by atoms with E-state index < -0.39 is 17.8 Å². The number of alkyl halides is 3. The molecule has 2 heterocycles. The van der Waals surface area contributed by atoms with Gasteiger partial charge in [0.05, 0.1) is 17.8 Å². The monoisotopic (exact) mass is 450 g/mol. The number of halogens is 3. The molecule has 1 N–H and O–H groups in total. The first-order valence-electron chi connectivity index (χ1n) is 10.3. The van der Waals surface area contributed by atoms with Gasteiger partial charge in [0.1, 0.15) is 5.69 Å². The van der Waals surface area contributed by atoms with E-state index in [-0.39, 0.29) is 17.8 Å². The Bertz CT molecular complexity index is 1250. The lowest BCUT2D eigenvalue weighted by Crippen LogP contribution is -2.24. The van der Waals surface area contributed by atoms with Crippen molar-refractivity contribution in [2.75, 3.05) is 0 Å². The summed E-state index contributed by atoms with van der Waals surface area (Å²) < 4.78 is 40.3. The summed E-state index contributed by atoms with van der Waals surface area (Å²) in [6, 6.07) is 19.6. The standard InChI is InChI=1S/C25H21F3N4O/c1-17-21(11-12-23(31-17)25(26,27)28)24(33)29-15-20-5-2-3-6-22(20)19-9-7-18(8-10-19)16-32-14-4-13-30-32/h2-14H,15-16H2,1H3,(H,29,33). The lowest BCUT2D eigenvalue weighted by atomic mass is 9.98. The van der Waals surface area contributed by atoms with E-state index >= 15 is 0 Å². The number of nitrogens with zero attached hydrogens (tertiary/aromatic N) is 3. The molecular weight excluding hydrogens is 429 g/mol. The fourth-order valence-electron chi connectivity index (χ4n) is 3.56. The van der Waals surface area contributed by atoms with Gasteiger partial charge in [0.2, 0.25) is 0 Å². The highest BCUT2D eigenvalue weighted by atomic mass is 19.4. The summed E-state index contributed by atoms with van der Waals surface area (Å²) in [5, 5.41) is 7.01. The van der Waals surface area contributed by atoms with Crippen LogP contribution in [-0.2, 0) is 19.3 Å². The zero-order chi connectivity index (χ0) is 23.4. The Hall–Kier alpha value is -3.94. The number of aromatic nitrogens is 3. The lowest BCUT2D eigenvalue weighted by molar-refractivity contribution is -0.141. The maximum atomic E-state index is 12.8. The van der Waals surface area contributed by atoms with Crippen molar-refractivity contribution in [3.8, 4) is 11.1 Å². The Morgan fingerprint density at radius 3 is 2.42 bits per heavy atom. The molecule has 168 valence electrons. The minimum Gasteiger partial charge on any atom is -0.348 e. The second kappa shape index (κ2) is 9.28. The molecule has 0 unspecified atom stereocenters. The van der Waals surface area contributed by atoms with Gasteiger partial charge in [0.25, 0.3) is 5.91 Å². The van der Waals surface area contributed by atoms with Crippen LogP contribution in [0.4, 0.5) is 13.2 Å². The van der Waals surface area contributed by atoms with E-state index in [1.165, 1.54) is 6.92 Å². The van der Waals surface area contributed by atoms with E-state index in [0.29, 0.717) is 6.54 Å². The van der Waals surface area contributed by atoms with Crippen LogP contribution in [0.3, 0.4) is 0 Å². The molecule has 0 aliphatic carbocycles. The molecule has 1 amide bonds. The second-order valence-corrected chi connectivity index (χ2v) is 7.57. The number of benzene rings is 2. The van der Waals surface area contributed by atoms with Gasteiger partial charge in [-0.3, -0.25) is 9.48 Å². The summed E-state index contributed by atoms with van der Waals surface area (Å²) in [7, 11) is 0. The van der Waals surface area contributed by atoms with Crippen molar-refractivity contribution in [2.24, 2.45) is 0 Å². The van der Waals surface area contributed by atoms with Crippen molar-refractivity contribution < 1.29 is 18.0 Å². The minimum absolute atomic E-state index is 0.0309. The average Bonchev–Trinajstić information content (AvgIpc) is 3.30. The third kappa shape index (κ3) is 5.28. The third-order valence-corrected chi connectivity index (χ3v) is 5.25. The Morgan fingerprint density at radius 2 is 1.76 bits per heavy atom. The second-order valence-electron chi connectivity index (χ2n) is 7.57. The van der Waals surface area contributed by atoms with Crippen molar-refractivity contribution in [1.82, 2.24) is 20.1 Å². The molecule has 0 spiro atoms. The molecule has 0 atom stereocenters. The topological polar surface area (TPSA) is 59.8 Å². The van der Waals surface area contributed by atoms with Gasteiger partial charge in [-0.15, -0.1) is 0 Å². The van der Waals surface area contributed by atoms with E-state index in [0.717, 1.165) is 34.4 Å². The van der Waals surface area contributed by atoms with Crippen molar-refractivity contribution in [3.05, 3.63) is 107 Å². The van der Waals surface area contributed by atoms with Gasteiger partial charge in [0, 0.05) is 18.9 Å². The number of carbonyl (C=O) groups is 1. The number of hydrogen-bond acceptors (Lipinski definition) is 3. The molecule has 0 radical (unpaired) electrons. The molecule has 2 aromatic heterocycles. The van der Waals surface area contributed by atoms with Crippen molar-refractivity contribution in [1.29, 1.82) is 0 Å². The van der Waals surface area contributed by atoms with E-state index in [1.54, 1.807) is 6.20 Å². The molecule has 4 rings (SSSR count). The third-order valence-electron chi connectivity index (χ3n) is 5.25. The summed E-state index contributed by atoms with van der Waals surface area (Å²) >= 11 is 0. The van der Waals surface area contributed by atoms with Crippen LogP contribution in [0.5, 0.6) is 0 Å². The summed E-state index contributed by atoms with van der Waals surface area (Å²) in [5.74, 6) is -0.474. The molecule has 8 heteroatoms. The van der Waals surface area contributed by atoms with Crippen LogP contribution in [0.2, 0.25) is 0 Å². The predicted molar refractivity (Wildman–Crippen MR) is 118 cm³/mol. The highest BCUT2D eigenvalue weighted by Gasteiger charge is 2.33. The first-order valence-corrected chi connectivity index (χ1v) is 10.3. The summed E-state index contributed by atoms with van der Waals surface area (Å²) in [6.45, 7) is 2.29. The average molecular weight is 450 g/mol. The minimum atomic E-state index is -4.55. The first kappa shape index (κ1) is 22.3. The molecule has 0 aliphatic rings. The molecule has 2 aromatic carbocycles. The lowest BCUT2D eigenvalue weighted by Gasteiger charge is -2.13. The van der Waals surface area contributed by atoms with Gasteiger partial charge < -0.3 is 5.32 Å². The van der Waals surface area contributed by atoms with Gasteiger partial charge in [-0.25, -0.2) is 4.98 Å². The quantitative estimate of drug-likeness (QED) is 0.437. The molecule has 4 aromatic rings. The van der Waals surface area contributed by atoms with Crippen molar-refractivity contribution >= 4 is 5.91 Å². The van der Waals surface area contributed by atoms with E-state index in [4.69, 9.17) is 0 Å². The molecule has 33 heavy (non-hydrogen) atoms. The molecular formula is C25H21F3N4O. The van der Waals surface area contributed by atoms with Crippen LogP contribution in [-0.4, -0.2) is 20.7 Å². The zero-order valence-electron chi connectivity index (χ0n) is 17.8. The van der Waals surface area contributed by atoms with Crippen LogP contribution < -0.4 is 5.32 Å². The molecule has 0 saturated carbocycles. The van der Waals surface area contributed by atoms with Gasteiger partial charge >= 0.3 is 6.18 Å². The summed E-state index contributed by atoms with van der Waals surface area (Å²) in [6.07, 6.45) is -0.909. The van der Waals surface area contributed by atoms with E-state index in [2.05, 4.69) is 15.4 Å². The smallest absolute Gasteiger partial charge is 0.348 e. The van der Waals surface area contributed by atoms with E-state index in [9.17, 15) is 18.0 Å². The molecule has 0 aliphatic heterocycles. The maximum absolute atomic E-state index is 12.8. The normalized spacial score (nSPS) is 11.4. The number of aryl methyl sites for hydroxylation is 1. The predicted octanol–water partition coefficient (Wildman–Crippen LogP) is 5.25. The van der Waals surface area contributed by atoms with Gasteiger partial charge in [-0.2, -0.15) is 18.3 Å². The fraction of sp³-hybridized carbons (Fsp3) is 0.160. The van der Waals surface area contributed by atoms with Crippen molar-refractivity contribution in [3.63, 3.8) is 0 Å². The zero-order valence-corrected chi connectivity index (χ0v) is 17.8. The summed E-state index contributed by atoms with van der Waals surface area (Å²) in [5.41, 5.74) is 3.09. The Labute approximate surface area is 188 Å². The number of nitrogens with one attached hydrogen (secondary N) is 1. The van der Waals surface area contributed by atoms with Gasteiger partial charge in [-0.05, 0) is 47.4 Å². The Balaban J connectivity index is 1.47. The fourth-order valence-corrected chi connectivity index (χ4v) is 3.56. The maximum Gasteiger partial charge on any atom is 0.433 e. The number of carbonyl (C=O) groups excluding carboxylic acids is 1. The van der Waals surface area contributed by atoms with Crippen LogP contribution >= 0.6 is 0 Å². The molecule has 0 saturated heterocycles. The molecule has 0 fully saturated rings. The van der Waals surface area contributed by atoms with Crippen LogP contribution in [0.1, 0.15) is 32.9 Å². The Morgan fingerprint density at radius 1 is 1.00 bits per heavy atom. The first-order chi connectivity index (χ1) is 15.8. The highest BCUT2D eigenvalue weighted by Crippen LogP contribution is 2.28. The molecule has 0 bridgehead atoms. The number of amides is 1. The van der Waals surface area contributed by atoms with Gasteiger partial charge in [0.15, 0.2) is 0 Å². The number of pyridine rings is 1. The molecule has 5 nitrogen and oxygen atoms in total. The largest absolute Gasteiger partial charge is 0.433 e. The SMILES string of the molecule is Cc1nc(C(F)(F)F)ccc1C(=O)NCc1ccccc1-c1ccc(Cn2cccn2)cc1. The van der Waals surface area contributed by atoms with Crippen LogP contribution in [0.25, 0.3) is 11.1 Å². The van der Waals surface area contributed by atoms with Crippen LogP contribution in [0.15, 0.2) is 79.1 Å². The van der Waals surface area contributed by atoms with E-state index in [1.807, 2.05) is 65.5 Å². The number of hydrogen-bond donors (Lipinski definition) is 1. The summed E-state index contributed by atoms with van der Waals surface area (Å²) in [4.78, 5) is 16.1. The van der Waals surface area contributed by atoms with Crippen molar-refractivity contribution in [2.45, 2.75) is 26.2 Å². The highest BCUT2D eigenvalue weighted by molar-refractivity contribution is 5.95. The Kier molecular flexibility index (Phi) is 6.26. The van der Waals surface area contributed by atoms with Gasteiger partial charge in [-0.1, -0.05) is 48.5 Å². The van der Waals surface area contributed by atoms with Crippen LogP contribution in [0, 0.1) is 6.92 Å². The number of rotatable bonds is 6.